The zero-order valence-electron chi connectivity index (χ0n) is 15.3. The molecule has 1 aliphatic carbocycles. The van der Waals surface area contributed by atoms with Gasteiger partial charge in [0, 0.05) is 19.1 Å². The van der Waals surface area contributed by atoms with E-state index >= 15 is 0 Å². The quantitative estimate of drug-likeness (QED) is 0.802. The number of likely N-dealkylation sites (tertiary alicyclic amines) is 1. The van der Waals surface area contributed by atoms with Gasteiger partial charge in [-0.2, -0.15) is 5.26 Å². The van der Waals surface area contributed by atoms with Crippen molar-refractivity contribution in [3.05, 3.63) is 17.8 Å². The van der Waals surface area contributed by atoms with Crippen LogP contribution < -0.4 is 5.32 Å². The average molecular weight is 345 g/mol. The average Bonchev–Trinajstić information content (AvgIpc) is 3.21. The fourth-order valence-corrected chi connectivity index (χ4v) is 3.55. The predicted molar refractivity (Wildman–Crippen MR) is 92.4 cm³/mol. The van der Waals surface area contributed by atoms with Gasteiger partial charge in [-0.1, -0.05) is 0 Å². The summed E-state index contributed by atoms with van der Waals surface area (Å²) in [6.07, 6.45) is 4.81. The second-order valence-electron chi connectivity index (χ2n) is 7.59. The molecule has 1 saturated heterocycles. The summed E-state index contributed by atoms with van der Waals surface area (Å²) < 4.78 is 5.54. The Balaban J connectivity index is 1.46. The zero-order chi connectivity index (χ0) is 18.0. The lowest BCUT2D eigenvalue weighted by molar-refractivity contribution is -0.123. The number of amides is 1. The lowest BCUT2D eigenvalue weighted by atomic mass is 9.98. The Morgan fingerprint density at radius 2 is 2.32 bits per heavy atom. The third-order valence-electron chi connectivity index (χ3n) is 5.32. The first-order chi connectivity index (χ1) is 11.9. The van der Waals surface area contributed by atoms with Crippen LogP contribution >= 0.6 is 0 Å². The summed E-state index contributed by atoms with van der Waals surface area (Å²) in [6, 6.07) is 2.66. The van der Waals surface area contributed by atoms with E-state index in [0.29, 0.717) is 25.0 Å². The maximum absolute atomic E-state index is 12.3. The number of nitriles is 1. The summed E-state index contributed by atoms with van der Waals surface area (Å²) in [5.41, 5.74) is -0.712. The molecule has 7 heteroatoms. The monoisotopic (exact) mass is 345 g/mol. The van der Waals surface area contributed by atoms with E-state index in [1.54, 1.807) is 6.20 Å². The van der Waals surface area contributed by atoms with Gasteiger partial charge in [-0.05, 0) is 46.1 Å². The molecule has 1 amide bonds. The van der Waals surface area contributed by atoms with Gasteiger partial charge >= 0.3 is 0 Å². The van der Waals surface area contributed by atoms with E-state index < -0.39 is 5.54 Å². The van der Waals surface area contributed by atoms with Gasteiger partial charge in [-0.25, -0.2) is 4.98 Å². The molecular formula is C18H27N5O2. The number of nitrogens with zero attached hydrogens (tertiary/aromatic N) is 4. The molecule has 1 aromatic heterocycles. The van der Waals surface area contributed by atoms with Crippen molar-refractivity contribution in [2.75, 3.05) is 26.7 Å². The second kappa shape index (κ2) is 7.14. The summed E-state index contributed by atoms with van der Waals surface area (Å²) in [5.74, 6) is 1.81. The predicted octanol–water partition coefficient (Wildman–Crippen LogP) is 1.30. The Hall–Kier alpha value is -1.91. The van der Waals surface area contributed by atoms with E-state index in [-0.39, 0.29) is 5.91 Å². The van der Waals surface area contributed by atoms with E-state index in [4.69, 9.17) is 4.42 Å². The lowest BCUT2D eigenvalue weighted by Gasteiger charge is -2.25. The Labute approximate surface area is 149 Å². The van der Waals surface area contributed by atoms with E-state index in [2.05, 4.69) is 33.2 Å². The van der Waals surface area contributed by atoms with E-state index in [1.165, 1.54) is 0 Å². The zero-order valence-corrected chi connectivity index (χ0v) is 15.3. The van der Waals surface area contributed by atoms with Crippen LogP contribution in [0.2, 0.25) is 0 Å². The largest absolute Gasteiger partial charge is 0.445 e. The molecule has 1 saturated carbocycles. The Morgan fingerprint density at radius 1 is 1.56 bits per heavy atom. The van der Waals surface area contributed by atoms with Crippen molar-refractivity contribution in [3.8, 4) is 6.07 Å². The molecule has 0 aromatic carbocycles. The van der Waals surface area contributed by atoms with E-state index in [9.17, 15) is 10.1 Å². The smallest absolute Gasteiger partial charge is 0.235 e. The molecule has 1 N–H and O–H groups in total. The molecule has 136 valence electrons. The number of rotatable bonds is 7. The molecule has 3 rings (SSSR count). The number of aryl methyl sites for hydroxylation is 1. The van der Waals surface area contributed by atoms with Crippen molar-refractivity contribution >= 4 is 5.91 Å². The van der Waals surface area contributed by atoms with Gasteiger partial charge in [0.05, 0.1) is 25.4 Å². The van der Waals surface area contributed by atoms with Gasteiger partial charge < -0.3 is 9.73 Å². The van der Waals surface area contributed by atoms with Gasteiger partial charge in [0.1, 0.15) is 11.3 Å². The molecular weight excluding hydrogens is 318 g/mol. The van der Waals surface area contributed by atoms with Crippen LogP contribution in [0.4, 0.5) is 0 Å². The fraction of sp³-hybridized carbons (Fsp3) is 0.722. The standard InChI is InChI=1S/C18H27N5O2/c1-13-8-20-17(25-13)11-22(3)15-6-7-23(9-15)10-16(24)21-18(2,12-19)14-4-5-14/h8,14-15H,4-7,9-11H2,1-3H3,(H,21,24)/t15-,18+/m1/s1. The molecule has 2 heterocycles. The van der Waals surface area contributed by atoms with Crippen LogP contribution in [0.1, 0.15) is 37.8 Å². The molecule has 0 radical (unpaired) electrons. The minimum Gasteiger partial charge on any atom is -0.445 e. The van der Waals surface area contributed by atoms with E-state index in [1.807, 2.05) is 13.8 Å². The number of aromatic nitrogens is 1. The van der Waals surface area contributed by atoms with Crippen LogP contribution in [0.25, 0.3) is 0 Å². The highest BCUT2D eigenvalue weighted by Crippen LogP contribution is 2.39. The Kier molecular flexibility index (Phi) is 5.11. The van der Waals surface area contributed by atoms with Crippen LogP contribution in [0.3, 0.4) is 0 Å². The maximum Gasteiger partial charge on any atom is 0.235 e. The maximum atomic E-state index is 12.3. The molecule has 0 bridgehead atoms. The van der Waals surface area contributed by atoms with Crippen LogP contribution in [0.15, 0.2) is 10.6 Å². The first kappa shape index (κ1) is 17.9. The summed E-state index contributed by atoms with van der Waals surface area (Å²) >= 11 is 0. The second-order valence-corrected chi connectivity index (χ2v) is 7.59. The summed E-state index contributed by atoms with van der Waals surface area (Å²) in [5, 5.41) is 12.3. The Morgan fingerprint density at radius 3 is 2.92 bits per heavy atom. The topological polar surface area (TPSA) is 85.4 Å². The highest BCUT2D eigenvalue weighted by Gasteiger charge is 2.43. The van der Waals surface area contributed by atoms with Crippen LogP contribution in [0, 0.1) is 24.2 Å². The van der Waals surface area contributed by atoms with Gasteiger partial charge in [0.25, 0.3) is 0 Å². The van der Waals surface area contributed by atoms with Crippen molar-refractivity contribution in [2.24, 2.45) is 5.92 Å². The molecule has 1 aromatic rings. The Bertz CT molecular complexity index is 663. The van der Waals surface area contributed by atoms with Gasteiger partial charge in [-0.3, -0.25) is 14.6 Å². The molecule has 0 spiro atoms. The highest BCUT2D eigenvalue weighted by molar-refractivity contribution is 5.79. The summed E-state index contributed by atoms with van der Waals surface area (Å²) in [6.45, 7) is 6.49. The van der Waals surface area contributed by atoms with Crippen molar-refractivity contribution in [1.82, 2.24) is 20.1 Å². The van der Waals surface area contributed by atoms with Crippen LogP contribution in [-0.4, -0.2) is 59.0 Å². The molecule has 1 aliphatic heterocycles. The molecule has 2 aliphatic rings. The SMILES string of the molecule is Cc1cnc(CN(C)[C@@H]2CCN(CC(=O)N[C@@](C)(C#N)C3CC3)C2)o1. The van der Waals surface area contributed by atoms with Crippen molar-refractivity contribution < 1.29 is 9.21 Å². The van der Waals surface area contributed by atoms with Crippen molar-refractivity contribution in [1.29, 1.82) is 5.26 Å². The first-order valence-corrected chi connectivity index (χ1v) is 8.96. The number of nitrogens with one attached hydrogen (secondary N) is 1. The molecule has 25 heavy (non-hydrogen) atoms. The summed E-state index contributed by atoms with van der Waals surface area (Å²) in [4.78, 5) is 21.0. The first-order valence-electron chi connectivity index (χ1n) is 8.96. The molecule has 2 fully saturated rings. The number of carbonyl (C=O) groups excluding carboxylic acids is 1. The number of carbonyl (C=O) groups is 1. The van der Waals surface area contributed by atoms with Crippen molar-refractivity contribution in [3.63, 3.8) is 0 Å². The number of oxazole rings is 1. The third kappa shape index (κ3) is 4.39. The summed E-state index contributed by atoms with van der Waals surface area (Å²) in [7, 11) is 2.06. The van der Waals surface area contributed by atoms with Gasteiger partial charge in [-0.15, -0.1) is 0 Å². The minimum absolute atomic E-state index is 0.0532. The third-order valence-corrected chi connectivity index (χ3v) is 5.32. The molecule has 2 atom stereocenters. The van der Waals surface area contributed by atoms with E-state index in [0.717, 1.165) is 44.0 Å². The lowest BCUT2D eigenvalue weighted by Crippen LogP contribution is -2.50. The van der Waals surface area contributed by atoms with Crippen LogP contribution in [-0.2, 0) is 11.3 Å². The number of hydrogen-bond acceptors (Lipinski definition) is 6. The highest BCUT2D eigenvalue weighted by atomic mass is 16.4. The van der Waals surface area contributed by atoms with Gasteiger partial charge in [0.2, 0.25) is 11.8 Å². The minimum atomic E-state index is -0.712. The van der Waals surface area contributed by atoms with Gasteiger partial charge in [0.15, 0.2) is 0 Å². The molecule has 7 nitrogen and oxygen atoms in total. The number of likely N-dealkylation sites (N-methyl/N-ethyl adjacent to an activating group) is 1. The molecule has 0 unspecified atom stereocenters. The normalized spacial score (nSPS) is 23.4. The van der Waals surface area contributed by atoms with Crippen molar-refractivity contribution in [2.45, 2.75) is 51.2 Å². The number of hydrogen-bond donors (Lipinski definition) is 1. The fourth-order valence-electron chi connectivity index (χ4n) is 3.55. The van der Waals surface area contributed by atoms with Crippen LogP contribution in [0.5, 0.6) is 0 Å².